The van der Waals surface area contributed by atoms with Crippen LogP contribution in [0.5, 0.6) is 11.5 Å². The maximum absolute atomic E-state index is 15.4. The van der Waals surface area contributed by atoms with Gasteiger partial charge in [0.2, 0.25) is 0 Å². The van der Waals surface area contributed by atoms with Crippen LogP contribution in [0.2, 0.25) is 0 Å². The molecule has 35 heavy (non-hydrogen) atoms. The minimum atomic E-state index is -4.03. The number of ether oxygens (including phenoxy) is 1. The molecule has 3 aromatic carbocycles. The number of azide groups is 1. The van der Waals surface area contributed by atoms with Crippen LogP contribution < -0.4 is 4.74 Å². The Kier molecular flexibility index (Phi) is 6.42. The van der Waals surface area contributed by atoms with Gasteiger partial charge in [0.05, 0.1) is 16.0 Å². The predicted molar refractivity (Wildman–Crippen MR) is 125 cm³/mol. The summed E-state index contributed by atoms with van der Waals surface area (Å²) in [6.45, 7) is 1.78. The zero-order chi connectivity index (χ0) is 25.2. The smallest absolute Gasteiger partial charge is 0.268 e. The fraction of sp³-hybridized carbons (Fsp3) is 0.125. The second kappa shape index (κ2) is 9.46. The topological polar surface area (TPSA) is 121 Å². The number of nitriles is 1. The lowest BCUT2D eigenvalue weighted by molar-refractivity contribution is 0.436. The fourth-order valence-corrected chi connectivity index (χ4v) is 4.98. The standard InChI is InChI=1S/C24H17F2N5O3S/c1-15-2-5-18(6-3-15)35(32,33)31-11-9-19-20(8-10-29-30-28)24(22(26)13-23(19)31)34-17-4-7-21(25)16(12-17)14-27/h2-7,9,11-13H,8,10H2,1H3. The summed E-state index contributed by atoms with van der Waals surface area (Å²) in [7, 11) is -4.03. The van der Waals surface area contributed by atoms with Gasteiger partial charge in [0, 0.05) is 40.7 Å². The number of halogens is 2. The number of aromatic nitrogens is 1. The van der Waals surface area contributed by atoms with Gasteiger partial charge in [-0.05, 0) is 49.2 Å². The number of nitrogens with zero attached hydrogens (tertiary/aromatic N) is 5. The number of fused-ring (bicyclic) bond motifs is 1. The molecule has 4 rings (SSSR count). The molecule has 176 valence electrons. The fourth-order valence-electron chi connectivity index (χ4n) is 3.65. The van der Waals surface area contributed by atoms with Crippen molar-refractivity contribution in [2.24, 2.45) is 5.11 Å². The van der Waals surface area contributed by atoms with E-state index in [1.54, 1.807) is 18.2 Å². The number of hydrogen-bond acceptors (Lipinski definition) is 5. The maximum atomic E-state index is 15.4. The largest absolute Gasteiger partial charge is 0.454 e. The van der Waals surface area contributed by atoms with Crippen LogP contribution in [0.3, 0.4) is 0 Å². The molecule has 0 saturated carbocycles. The molecule has 1 aromatic heterocycles. The lowest BCUT2D eigenvalue weighted by Gasteiger charge is -2.15. The van der Waals surface area contributed by atoms with Gasteiger partial charge in [0.25, 0.3) is 10.0 Å². The molecule has 8 nitrogen and oxygen atoms in total. The molecular weight excluding hydrogens is 476 g/mol. The average Bonchev–Trinajstić information content (AvgIpc) is 3.26. The molecule has 0 amide bonds. The minimum absolute atomic E-state index is 0.0120. The molecule has 0 unspecified atom stereocenters. The van der Waals surface area contributed by atoms with Crippen molar-refractivity contribution in [1.82, 2.24) is 3.97 Å². The van der Waals surface area contributed by atoms with Gasteiger partial charge in [0.1, 0.15) is 17.6 Å². The maximum Gasteiger partial charge on any atom is 0.268 e. The molecule has 0 radical (unpaired) electrons. The van der Waals surface area contributed by atoms with Gasteiger partial charge in [-0.2, -0.15) is 5.26 Å². The molecule has 0 aliphatic heterocycles. The molecule has 0 saturated heterocycles. The summed E-state index contributed by atoms with van der Waals surface area (Å²) in [6.07, 6.45) is 1.35. The first-order chi connectivity index (χ1) is 16.8. The van der Waals surface area contributed by atoms with Crippen molar-refractivity contribution in [3.05, 3.63) is 99.6 Å². The number of hydrogen-bond donors (Lipinski definition) is 0. The Morgan fingerprint density at radius 1 is 1.11 bits per heavy atom. The van der Waals surface area contributed by atoms with Crippen LogP contribution >= 0.6 is 0 Å². The summed E-state index contributed by atoms with van der Waals surface area (Å²) in [5.74, 6) is -1.86. The van der Waals surface area contributed by atoms with Crippen molar-refractivity contribution in [1.29, 1.82) is 5.26 Å². The summed E-state index contributed by atoms with van der Waals surface area (Å²) in [5, 5.41) is 12.9. The third-order valence-electron chi connectivity index (χ3n) is 5.35. The Morgan fingerprint density at radius 3 is 2.54 bits per heavy atom. The third kappa shape index (κ3) is 4.53. The number of benzene rings is 3. The molecule has 4 aromatic rings. The van der Waals surface area contributed by atoms with Gasteiger partial charge >= 0.3 is 0 Å². The first-order valence-electron chi connectivity index (χ1n) is 10.3. The lowest BCUT2D eigenvalue weighted by Crippen LogP contribution is -2.12. The van der Waals surface area contributed by atoms with Crippen molar-refractivity contribution >= 4 is 20.9 Å². The quantitative estimate of drug-likeness (QED) is 0.178. The van der Waals surface area contributed by atoms with Crippen LogP contribution in [0.1, 0.15) is 16.7 Å². The summed E-state index contributed by atoms with van der Waals surface area (Å²) < 4.78 is 62.2. The molecule has 1 heterocycles. The van der Waals surface area contributed by atoms with E-state index in [1.165, 1.54) is 30.5 Å². The van der Waals surface area contributed by atoms with Gasteiger partial charge in [-0.25, -0.2) is 21.2 Å². The van der Waals surface area contributed by atoms with Gasteiger partial charge in [-0.1, -0.05) is 22.8 Å². The Morgan fingerprint density at radius 2 is 1.86 bits per heavy atom. The van der Waals surface area contributed by atoms with E-state index in [4.69, 9.17) is 15.5 Å². The Bertz CT molecular complexity index is 1630. The summed E-state index contributed by atoms with van der Waals surface area (Å²) in [5.41, 5.74) is 9.59. The molecule has 0 spiro atoms. The molecule has 0 aliphatic carbocycles. The normalized spacial score (nSPS) is 11.1. The van der Waals surface area contributed by atoms with Crippen molar-refractivity contribution < 1.29 is 21.9 Å². The van der Waals surface area contributed by atoms with Gasteiger partial charge in [0.15, 0.2) is 11.6 Å². The minimum Gasteiger partial charge on any atom is -0.454 e. The second-order valence-corrected chi connectivity index (χ2v) is 9.40. The molecular formula is C24H17F2N5O3S. The van der Waals surface area contributed by atoms with Crippen molar-refractivity contribution in [2.75, 3.05) is 6.54 Å². The highest BCUT2D eigenvalue weighted by Crippen LogP contribution is 2.37. The van der Waals surface area contributed by atoms with E-state index in [0.29, 0.717) is 5.39 Å². The molecule has 0 fully saturated rings. The lowest BCUT2D eigenvalue weighted by atomic mass is 10.1. The van der Waals surface area contributed by atoms with Crippen molar-refractivity contribution in [2.45, 2.75) is 18.2 Å². The highest BCUT2D eigenvalue weighted by Gasteiger charge is 2.24. The van der Waals surface area contributed by atoms with E-state index >= 15 is 4.39 Å². The van der Waals surface area contributed by atoms with E-state index < -0.39 is 21.7 Å². The van der Waals surface area contributed by atoms with Crippen LogP contribution in [-0.4, -0.2) is 18.9 Å². The van der Waals surface area contributed by atoms with E-state index in [1.807, 2.05) is 6.92 Å². The molecule has 0 aliphatic rings. The Labute approximate surface area is 199 Å². The summed E-state index contributed by atoms with van der Waals surface area (Å²) in [4.78, 5) is 2.74. The summed E-state index contributed by atoms with van der Waals surface area (Å²) >= 11 is 0. The zero-order valence-electron chi connectivity index (χ0n) is 18.3. The van der Waals surface area contributed by atoms with E-state index in [0.717, 1.165) is 27.7 Å². The average molecular weight is 493 g/mol. The van der Waals surface area contributed by atoms with Crippen LogP contribution in [0, 0.1) is 29.9 Å². The number of aryl methyl sites for hydroxylation is 1. The van der Waals surface area contributed by atoms with Crippen molar-refractivity contribution in [3.8, 4) is 17.6 Å². The van der Waals surface area contributed by atoms with Crippen LogP contribution in [0.15, 0.2) is 70.8 Å². The SMILES string of the molecule is Cc1ccc(S(=O)(=O)n2ccc3c(CCN=[N+]=[N-])c(Oc4ccc(F)c(C#N)c4)c(F)cc32)cc1. The Balaban J connectivity index is 1.88. The summed E-state index contributed by atoms with van der Waals surface area (Å²) in [6, 6.07) is 13.9. The van der Waals surface area contributed by atoms with E-state index in [2.05, 4.69) is 10.0 Å². The Hall–Kier alpha value is -4.39. The predicted octanol–water partition coefficient (Wildman–Crippen LogP) is 5.98. The van der Waals surface area contributed by atoms with Crippen LogP contribution in [-0.2, 0) is 16.4 Å². The van der Waals surface area contributed by atoms with Crippen LogP contribution in [0.25, 0.3) is 21.3 Å². The first kappa shape index (κ1) is 23.8. The second-order valence-electron chi connectivity index (χ2n) is 7.59. The van der Waals surface area contributed by atoms with E-state index in [9.17, 15) is 12.8 Å². The molecule has 11 heteroatoms. The highest BCUT2D eigenvalue weighted by molar-refractivity contribution is 7.90. The highest BCUT2D eigenvalue weighted by atomic mass is 32.2. The van der Waals surface area contributed by atoms with Crippen LogP contribution in [0.4, 0.5) is 8.78 Å². The monoisotopic (exact) mass is 493 g/mol. The van der Waals surface area contributed by atoms with Gasteiger partial charge < -0.3 is 4.74 Å². The van der Waals surface area contributed by atoms with Crippen molar-refractivity contribution in [3.63, 3.8) is 0 Å². The third-order valence-corrected chi connectivity index (χ3v) is 7.05. The molecule has 0 bridgehead atoms. The van der Waals surface area contributed by atoms with Gasteiger partial charge in [-0.3, -0.25) is 0 Å². The molecule has 0 atom stereocenters. The van der Waals surface area contributed by atoms with Gasteiger partial charge in [-0.15, -0.1) is 0 Å². The zero-order valence-corrected chi connectivity index (χ0v) is 19.1. The molecule has 0 N–H and O–H groups in total. The van der Waals surface area contributed by atoms with E-state index in [-0.39, 0.29) is 46.0 Å². The number of rotatable bonds is 7. The first-order valence-corrected chi connectivity index (χ1v) is 11.7.